The van der Waals surface area contributed by atoms with Crippen molar-refractivity contribution in [2.24, 2.45) is 0 Å². The molecular weight excluding hydrogens is 220 g/mol. The third kappa shape index (κ3) is 4.18. The Morgan fingerprint density at radius 1 is 1.29 bits per heavy atom. The smallest absolute Gasteiger partial charge is 0.313 e. The molecule has 90 valence electrons. The monoisotopic (exact) mass is 234 g/mol. The van der Waals surface area contributed by atoms with Gasteiger partial charge in [-0.2, -0.15) is 0 Å². The molecule has 1 aromatic carbocycles. The number of hydrogen-bond acceptors (Lipinski definition) is 4. The molecule has 0 amide bonds. The Hall–Kier alpha value is -1.97. The first-order valence-corrected chi connectivity index (χ1v) is 5.29. The second-order valence-corrected chi connectivity index (χ2v) is 3.61. The van der Waals surface area contributed by atoms with Crippen LogP contribution in [-0.4, -0.2) is 25.1 Å². The van der Waals surface area contributed by atoms with Crippen molar-refractivity contribution < 1.29 is 19.1 Å². The van der Waals surface area contributed by atoms with E-state index >= 15 is 0 Å². The Bertz CT molecular complexity index is 423. The fourth-order valence-corrected chi connectivity index (χ4v) is 1.47. The van der Waals surface area contributed by atoms with Crippen LogP contribution in [0.15, 0.2) is 24.3 Å². The zero-order valence-corrected chi connectivity index (χ0v) is 9.64. The number of hydrogen-bond donors (Lipinski definition) is 0. The number of ketones is 1. The molecule has 0 spiro atoms. The summed E-state index contributed by atoms with van der Waals surface area (Å²) in [6, 6.07) is 7.08. The zero-order chi connectivity index (χ0) is 12.7. The number of Topliss-reactive ketones (excluding diaryl/α,β-unsaturated/α-hetero) is 1. The normalized spacial score (nSPS) is 9.71. The second kappa shape index (κ2) is 6.58. The SMILES string of the molecule is COC(=O)CC(=O)CCc1ccccc1C=O. The first-order valence-electron chi connectivity index (χ1n) is 5.29. The van der Waals surface area contributed by atoms with Gasteiger partial charge in [-0.15, -0.1) is 0 Å². The van der Waals surface area contributed by atoms with Gasteiger partial charge in [0.05, 0.1) is 7.11 Å². The van der Waals surface area contributed by atoms with Crippen LogP contribution in [0.3, 0.4) is 0 Å². The number of aldehydes is 1. The Balaban J connectivity index is 2.52. The van der Waals surface area contributed by atoms with Gasteiger partial charge in [0, 0.05) is 12.0 Å². The van der Waals surface area contributed by atoms with E-state index in [0.29, 0.717) is 12.0 Å². The molecule has 0 saturated heterocycles. The predicted molar refractivity (Wildman–Crippen MR) is 61.8 cm³/mol. The van der Waals surface area contributed by atoms with Crippen molar-refractivity contribution >= 4 is 18.0 Å². The molecule has 0 unspecified atom stereocenters. The van der Waals surface area contributed by atoms with E-state index in [1.807, 2.05) is 6.07 Å². The quantitative estimate of drug-likeness (QED) is 0.426. The van der Waals surface area contributed by atoms with Crippen LogP contribution in [0, 0.1) is 0 Å². The predicted octanol–water partition coefficient (Wildman–Crippen LogP) is 1.56. The van der Waals surface area contributed by atoms with Crippen LogP contribution >= 0.6 is 0 Å². The zero-order valence-electron chi connectivity index (χ0n) is 9.64. The molecule has 0 bridgehead atoms. The van der Waals surface area contributed by atoms with Gasteiger partial charge in [0.15, 0.2) is 0 Å². The van der Waals surface area contributed by atoms with Crippen molar-refractivity contribution in [2.45, 2.75) is 19.3 Å². The summed E-state index contributed by atoms with van der Waals surface area (Å²) < 4.78 is 4.40. The molecule has 0 fully saturated rings. The van der Waals surface area contributed by atoms with E-state index in [-0.39, 0.29) is 18.6 Å². The third-order valence-corrected chi connectivity index (χ3v) is 2.42. The van der Waals surface area contributed by atoms with Gasteiger partial charge in [0.25, 0.3) is 0 Å². The molecule has 0 saturated carbocycles. The minimum Gasteiger partial charge on any atom is -0.469 e. The van der Waals surface area contributed by atoms with Crippen molar-refractivity contribution in [2.75, 3.05) is 7.11 Å². The molecule has 4 nitrogen and oxygen atoms in total. The maximum Gasteiger partial charge on any atom is 0.313 e. The van der Waals surface area contributed by atoms with Crippen molar-refractivity contribution in [3.8, 4) is 0 Å². The summed E-state index contributed by atoms with van der Waals surface area (Å²) in [6.45, 7) is 0. The Morgan fingerprint density at radius 2 is 2.00 bits per heavy atom. The number of benzene rings is 1. The van der Waals surface area contributed by atoms with E-state index in [4.69, 9.17) is 0 Å². The maximum atomic E-state index is 11.4. The highest BCUT2D eigenvalue weighted by atomic mass is 16.5. The van der Waals surface area contributed by atoms with Crippen LogP contribution in [0.1, 0.15) is 28.8 Å². The number of ether oxygens (including phenoxy) is 1. The molecule has 0 aliphatic carbocycles. The minimum atomic E-state index is -0.529. The van der Waals surface area contributed by atoms with E-state index in [1.165, 1.54) is 7.11 Å². The summed E-state index contributed by atoms with van der Waals surface area (Å²) in [4.78, 5) is 33.0. The van der Waals surface area contributed by atoms with Crippen LogP contribution in [0.4, 0.5) is 0 Å². The van der Waals surface area contributed by atoms with Gasteiger partial charge in [0.2, 0.25) is 0 Å². The van der Waals surface area contributed by atoms with Gasteiger partial charge in [-0.25, -0.2) is 0 Å². The Kier molecular flexibility index (Phi) is 5.07. The van der Waals surface area contributed by atoms with Gasteiger partial charge < -0.3 is 4.74 Å². The van der Waals surface area contributed by atoms with Gasteiger partial charge in [-0.3, -0.25) is 14.4 Å². The van der Waals surface area contributed by atoms with Crippen molar-refractivity contribution in [1.29, 1.82) is 0 Å². The van der Waals surface area contributed by atoms with E-state index in [9.17, 15) is 14.4 Å². The van der Waals surface area contributed by atoms with Crippen LogP contribution in [-0.2, 0) is 20.7 Å². The summed E-state index contributed by atoms with van der Waals surface area (Å²) in [7, 11) is 1.25. The average molecular weight is 234 g/mol. The number of esters is 1. The first kappa shape index (κ1) is 13.1. The van der Waals surface area contributed by atoms with E-state index in [2.05, 4.69) is 4.74 Å². The lowest BCUT2D eigenvalue weighted by Gasteiger charge is -2.03. The third-order valence-electron chi connectivity index (χ3n) is 2.42. The molecule has 0 aliphatic rings. The van der Waals surface area contributed by atoms with Gasteiger partial charge in [0.1, 0.15) is 18.5 Å². The van der Waals surface area contributed by atoms with E-state index < -0.39 is 5.97 Å². The van der Waals surface area contributed by atoms with Gasteiger partial charge >= 0.3 is 5.97 Å². The molecule has 17 heavy (non-hydrogen) atoms. The fraction of sp³-hybridized carbons (Fsp3) is 0.308. The molecule has 4 heteroatoms. The number of rotatable bonds is 6. The number of methoxy groups -OCH3 is 1. The summed E-state index contributed by atoms with van der Waals surface area (Å²) in [5.74, 6) is -0.712. The molecule has 0 N–H and O–H groups in total. The van der Waals surface area contributed by atoms with Crippen LogP contribution in [0.2, 0.25) is 0 Å². The van der Waals surface area contributed by atoms with Gasteiger partial charge in [-0.05, 0) is 12.0 Å². The number of aryl methyl sites for hydroxylation is 1. The van der Waals surface area contributed by atoms with Crippen molar-refractivity contribution in [3.05, 3.63) is 35.4 Å². The number of carbonyl (C=O) groups excluding carboxylic acids is 3. The maximum absolute atomic E-state index is 11.4. The highest BCUT2D eigenvalue weighted by Crippen LogP contribution is 2.09. The van der Waals surface area contributed by atoms with Gasteiger partial charge in [-0.1, -0.05) is 24.3 Å². The summed E-state index contributed by atoms with van der Waals surface area (Å²) in [5, 5.41) is 0. The summed E-state index contributed by atoms with van der Waals surface area (Å²) >= 11 is 0. The molecule has 0 radical (unpaired) electrons. The van der Waals surface area contributed by atoms with Crippen LogP contribution in [0.25, 0.3) is 0 Å². The molecule has 0 atom stereocenters. The Morgan fingerprint density at radius 3 is 2.65 bits per heavy atom. The van der Waals surface area contributed by atoms with Crippen LogP contribution < -0.4 is 0 Å². The minimum absolute atomic E-state index is 0.183. The number of carbonyl (C=O) groups is 3. The molecule has 0 aromatic heterocycles. The molecule has 0 aliphatic heterocycles. The highest BCUT2D eigenvalue weighted by molar-refractivity contribution is 5.95. The molecule has 0 heterocycles. The molecule has 1 aromatic rings. The topological polar surface area (TPSA) is 60.4 Å². The van der Waals surface area contributed by atoms with Crippen molar-refractivity contribution in [3.63, 3.8) is 0 Å². The average Bonchev–Trinajstić information content (AvgIpc) is 2.36. The largest absolute Gasteiger partial charge is 0.469 e. The first-order chi connectivity index (χ1) is 8.17. The lowest BCUT2D eigenvalue weighted by atomic mass is 10.0. The lowest BCUT2D eigenvalue weighted by molar-refractivity contribution is -0.143. The molecular formula is C13H14O4. The second-order valence-electron chi connectivity index (χ2n) is 3.61. The fourth-order valence-electron chi connectivity index (χ4n) is 1.47. The lowest BCUT2D eigenvalue weighted by Crippen LogP contribution is -2.10. The summed E-state index contributed by atoms with van der Waals surface area (Å²) in [6.07, 6.45) is 1.25. The van der Waals surface area contributed by atoms with E-state index in [1.54, 1.807) is 18.2 Å². The summed E-state index contributed by atoms with van der Waals surface area (Å²) in [5.41, 5.74) is 1.40. The van der Waals surface area contributed by atoms with E-state index in [0.717, 1.165) is 11.8 Å². The standard InChI is InChI=1S/C13H14O4/c1-17-13(16)8-12(15)7-6-10-4-2-3-5-11(10)9-14/h2-5,9H,6-8H2,1H3. The Labute approximate surface area is 99.6 Å². The van der Waals surface area contributed by atoms with Crippen LogP contribution in [0.5, 0.6) is 0 Å². The molecule has 1 rings (SSSR count). The highest BCUT2D eigenvalue weighted by Gasteiger charge is 2.10. The van der Waals surface area contributed by atoms with Crippen molar-refractivity contribution in [1.82, 2.24) is 0 Å².